The molecule has 5 rings (SSSR count). The average Bonchev–Trinajstić information content (AvgIpc) is 3.21. The highest BCUT2D eigenvalue weighted by Gasteiger charge is 2.25. The summed E-state index contributed by atoms with van der Waals surface area (Å²) in [5.41, 5.74) is 6.13. The van der Waals surface area contributed by atoms with Gasteiger partial charge < -0.3 is 10.6 Å². The average molecular weight is 346 g/mol. The molecule has 1 aromatic carbocycles. The van der Waals surface area contributed by atoms with E-state index in [1.807, 2.05) is 13.1 Å². The van der Waals surface area contributed by atoms with Crippen molar-refractivity contribution in [3.8, 4) is 0 Å². The van der Waals surface area contributed by atoms with Gasteiger partial charge >= 0.3 is 0 Å². The smallest absolute Gasteiger partial charge is 0.229 e. The minimum atomic E-state index is 0.592. The zero-order chi connectivity index (χ0) is 17.5. The third-order valence-electron chi connectivity index (χ3n) is 5.19. The number of hydrogen-bond donors (Lipinski definition) is 3. The maximum absolute atomic E-state index is 4.64. The molecule has 0 amide bonds. The van der Waals surface area contributed by atoms with Crippen molar-refractivity contribution in [2.45, 2.75) is 44.9 Å². The summed E-state index contributed by atoms with van der Waals surface area (Å²) < 4.78 is 0. The van der Waals surface area contributed by atoms with Crippen LogP contribution in [0.25, 0.3) is 0 Å². The predicted molar refractivity (Wildman–Crippen MR) is 102 cm³/mol. The van der Waals surface area contributed by atoms with Crippen molar-refractivity contribution in [1.82, 2.24) is 20.2 Å². The first-order chi connectivity index (χ1) is 12.7. The van der Waals surface area contributed by atoms with E-state index in [9.17, 15) is 0 Å². The molecule has 0 spiro atoms. The Balaban J connectivity index is 1.35. The molecule has 3 N–H and O–H groups in total. The molecule has 0 saturated heterocycles. The molecule has 0 unspecified atom stereocenters. The van der Waals surface area contributed by atoms with Gasteiger partial charge in [-0.2, -0.15) is 10.1 Å². The summed E-state index contributed by atoms with van der Waals surface area (Å²) in [6, 6.07) is 8.61. The molecule has 3 aromatic rings. The first-order valence-electron chi connectivity index (χ1n) is 9.29. The highest BCUT2D eigenvalue weighted by atomic mass is 15.2. The van der Waals surface area contributed by atoms with E-state index in [1.54, 1.807) is 0 Å². The lowest BCUT2D eigenvalue weighted by Gasteiger charge is -2.10. The van der Waals surface area contributed by atoms with E-state index in [1.165, 1.54) is 42.5 Å². The highest BCUT2D eigenvalue weighted by molar-refractivity contribution is 5.61. The fourth-order valence-corrected chi connectivity index (χ4v) is 3.53. The molecule has 2 aliphatic carbocycles. The van der Waals surface area contributed by atoms with Gasteiger partial charge in [-0.25, -0.2) is 4.98 Å². The van der Waals surface area contributed by atoms with Crippen molar-refractivity contribution in [3.05, 3.63) is 52.8 Å². The molecule has 1 saturated carbocycles. The second-order valence-electron chi connectivity index (χ2n) is 7.30. The van der Waals surface area contributed by atoms with Crippen LogP contribution in [0.5, 0.6) is 0 Å². The molecule has 2 heterocycles. The van der Waals surface area contributed by atoms with Crippen LogP contribution in [0.4, 0.5) is 23.3 Å². The molecule has 2 aromatic heterocycles. The van der Waals surface area contributed by atoms with Crippen molar-refractivity contribution < 1.29 is 0 Å². The summed E-state index contributed by atoms with van der Waals surface area (Å²) in [4.78, 5) is 9.06. The number of nitrogens with zero attached hydrogens (tertiary/aromatic N) is 3. The number of aromatic amines is 1. The molecule has 1 fully saturated rings. The minimum Gasteiger partial charge on any atom is -0.324 e. The lowest BCUT2D eigenvalue weighted by atomic mass is 10.1. The van der Waals surface area contributed by atoms with Crippen molar-refractivity contribution in [2.24, 2.45) is 0 Å². The summed E-state index contributed by atoms with van der Waals surface area (Å²) in [6.07, 6.45) is 7.94. The number of benzene rings is 1. The van der Waals surface area contributed by atoms with Gasteiger partial charge in [-0.1, -0.05) is 6.07 Å². The molecule has 0 atom stereocenters. The van der Waals surface area contributed by atoms with E-state index in [2.05, 4.69) is 55.1 Å². The van der Waals surface area contributed by atoms with Gasteiger partial charge in [0.15, 0.2) is 5.82 Å². The van der Waals surface area contributed by atoms with Crippen LogP contribution in [0, 0.1) is 6.92 Å². The summed E-state index contributed by atoms with van der Waals surface area (Å²) >= 11 is 0. The fourth-order valence-electron chi connectivity index (χ4n) is 3.53. The Kier molecular flexibility index (Phi) is 3.62. The lowest BCUT2D eigenvalue weighted by molar-refractivity contribution is 0.912. The maximum Gasteiger partial charge on any atom is 0.229 e. The first kappa shape index (κ1) is 15.4. The number of hydrogen-bond acceptors (Lipinski definition) is 5. The van der Waals surface area contributed by atoms with Crippen molar-refractivity contribution >= 4 is 23.3 Å². The van der Waals surface area contributed by atoms with Crippen LogP contribution >= 0.6 is 0 Å². The Hall–Kier alpha value is -2.89. The van der Waals surface area contributed by atoms with Gasteiger partial charge in [-0.15, -0.1) is 0 Å². The molecule has 26 heavy (non-hydrogen) atoms. The summed E-state index contributed by atoms with van der Waals surface area (Å²) in [5, 5.41) is 14.1. The second-order valence-corrected chi connectivity index (χ2v) is 7.30. The van der Waals surface area contributed by atoms with E-state index in [4.69, 9.17) is 0 Å². The predicted octanol–water partition coefficient (Wildman–Crippen LogP) is 4.36. The monoisotopic (exact) mass is 346 g/mol. The van der Waals surface area contributed by atoms with Crippen molar-refractivity contribution in [2.75, 3.05) is 10.6 Å². The van der Waals surface area contributed by atoms with Gasteiger partial charge in [0.05, 0.1) is 0 Å². The van der Waals surface area contributed by atoms with E-state index in [0.29, 0.717) is 11.9 Å². The Bertz CT molecular complexity index is 957. The van der Waals surface area contributed by atoms with Crippen LogP contribution in [-0.4, -0.2) is 20.2 Å². The molecule has 6 nitrogen and oxygen atoms in total. The Labute approximate surface area is 152 Å². The molecule has 0 aliphatic heterocycles. The summed E-state index contributed by atoms with van der Waals surface area (Å²) in [5.74, 6) is 2.82. The van der Waals surface area contributed by atoms with Gasteiger partial charge in [-0.05, 0) is 62.3 Å². The minimum absolute atomic E-state index is 0.592. The molecule has 0 radical (unpaired) electrons. The van der Waals surface area contributed by atoms with Crippen LogP contribution in [0.3, 0.4) is 0 Å². The van der Waals surface area contributed by atoms with E-state index in [0.717, 1.165) is 29.3 Å². The van der Waals surface area contributed by atoms with E-state index in [-0.39, 0.29) is 0 Å². The quantitative estimate of drug-likeness (QED) is 0.640. The van der Waals surface area contributed by atoms with E-state index >= 15 is 0 Å². The van der Waals surface area contributed by atoms with Crippen LogP contribution in [0.2, 0.25) is 0 Å². The van der Waals surface area contributed by atoms with Gasteiger partial charge in [0.1, 0.15) is 5.82 Å². The van der Waals surface area contributed by atoms with Gasteiger partial charge in [-0.3, -0.25) is 5.10 Å². The zero-order valence-electron chi connectivity index (χ0n) is 14.8. The molecule has 6 heteroatoms. The largest absolute Gasteiger partial charge is 0.324 e. The number of aryl methyl sites for hydroxylation is 3. The van der Waals surface area contributed by atoms with Crippen LogP contribution in [-0.2, 0) is 12.8 Å². The Morgan fingerprint density at radius 2 is 1.96 bits per heavy atom. The summed E-state index contributed by atoms with van der Waals surface area (Å²) in [6.45, 7) is 2.00. The molecular weight excluding hydrogens is 324 g/mol. The number of rotatable bonds is 5. The summed E-state index contributed by atoms with van der Waals surface area (Å²) in [7, 11) is 0. The third-order valence-corrected chi connectivity index (χ3v) is 5.19. The number of H-pyrrole nitrogens is 1. The van der Waals surface area contributed by atoms with Gasteiger partial charge in [0, 0.05) is 35.1 Å². The first-order valence-corrected chi connectivity index (χ1v) is 9.29. The van der Waals surface area contributed by atoms with E-state index < -0.39 is 0 Å². The number of nitrogens with one attached hydrogen (secondary N) is 3. The normalized spacial score (nSPS) is 15.7. The van der Waals surface area contributed by atoms with Gasteiger partial charge in [0.25, 0.3) is 0 Å². The maximum atomic E-state index is 4.64. The van der Waals surface area contributed by atoms with Crippen LogP contribution < -0.4 is 10.6 Å². The molecule has 132 valence electrons. The third kappa shape index (κ3) is 3.03. The zero-order valence-corrected chi connectivity index (χ0v) is 14.8. The van der Waals surface area contributed by atoms with Crippen LogP contribution in [0.15, 0.2) is 30.5 Å². The standard InChI is InChI=1S/C20H22N6/c1-12-11-21-20(22-16-8-7-13-3-2-4-15(13)9-16)24-19(12)23-18-10-17(25-26-18)14-5-6-14/h7-11,14H,2-6H2,1H3,(H3,21,22,23,24,25,26). The van der Waals surface area contributed by atoms with Crippen molar-refractivity contribution in [1.29, 1.82) is 0 Å². The van der Waals surface area contributed by atoms with Crippen LogP contribution in [0.1, 0.15) is 47.6 Å². The highest BCUT2D eigenvalue weighted by Crippen LogP contribution is 2.39. The SMILES string of the molecule is Cc1cnc(Nc2ccc3c(c2)CCC3)nc1Nc1cc(C2CC2)[nH]n1. The molecule has 0 bridgehead atoms. The number of anilines is 4. The topological polar surface area (TPSA) is 78.5 Å². The Morgan fingerprint density at radius 1 is 1.08 bits per heavy atom. The fraction of sp³-hybridized carbons (Fsp3) is 0.350. The molecular formula is C20H22N6. The number of fused-ring (bicyclic) bond motifs is 1. The number of aromatic nitrogens is 4. The second kappa shape index (κ2) is 6.12. The van der Waals surface area contributed by atoms with Crippen molar-refractivity contribution in [3.63, 3.8) is 0 Å². The lowest BCUT2D eigenvalue weighted by Crippen LogP contribution is -2.03. The van der Waals surface area contributed by atoms with Gasteiger partial charge in [0.2, 0.25) is 5.95 Å². The molecule has 2 aliphatic rings. The Morgan fingerprint density at radius 3 is 2.85 bits per heavy atom.